The lowest BCUT2D eigenvalue weighted by Crippen LogP contribution is -2.47. The summed E-state index contributed by atoms with van der Waals surface area (Å²) in [5, 5.41) is 0. The van der Waals surface area contributed by atoms with Crippen LogP contribution in [0.15, 0.2) is 35.6 Å². The average molecular weight is 410 g/mol. The Bertz CT molecular complexity index is 584. The fourth-order valence-electron chi connectivity index (χ4n) is 2.69. The summed E-state index contributed by atoms with van der Waals surface area (Å²) in [6, 6.07) is -0.212. The maximum absolute atomic E-state index is 13.1. The van der Waals surface area contributed by atoms with Crippen molar-refractivity contribution in [3.05, 3.63) is 35.6 Å². The van der Waals surface area contributed by atoms with Gasteiger partial charge in [-0.1, -0.05) is 33.4 Å². The zero-order valence-corrected chi connectivity index (χ0v) is 20.3. The Hall–Kier alpha value is -1.75. The zero-order chi connectivity index (χ0) is 22.8. The molecule has 0 rings (SSSR count). The fourth-order valence-corrected chi connectivity index (χ4v) is 2.69. The molecule has 0 fully saturated rings. The number of rotatable bonds is 11. The number of allylic oxidation sites excluding steroid dienone is 2. The predicted molar refractivity (Wildman–Crippen MR) is 121 cm³/mol. The van der Waals surface area contributed by atoms with E-state index in [1.165, 1.54) is 0 Å². The molecule has 0 spiro atoms. The van der Waals surface area contributed by atoms with Crippen molar-refractivity contribution >= 4 is 6.09 Å². The van der Waals surface area contributed by atoms with Crippen molar-refractivity contribution in [2.24, 2.45) is 5.92 Å². The third-order valence-electron chi connectivity index (χ3n) is 4.37. The van der Waals surface area contributed by atoms with E-state index in [-0.39, 0.29) is 18.2 Å². The number of carbonyl (C=O) groups excluding carboxylic acids is 1. The quantitative estimate of drug-likeness (QED) is 0.305. The summed E-state index contributed by atoms with van der Waals surface area (Å²) in [4.78, 5) is 14.8. The van der Waals surface area contributed by atoms with Crippen LogP contribution in [0.4, 0.5) is 4.79 Å². The lowest BCUT2D eigenvalue weighted by Gasteiger charge is -2.35. The van der Waals surface area contributed by atoms with Gasteiger partial charge >= 0.3 is 6.09 Å². The molecule has 5 heteroatoms. The third-order valence-corrected chi connectivity index (χ3v) is 4.37. The summed E-state index contributed by atoms with van der Waals surface area (Å²) in [7, 11) is 1.62. The number of carbonyl (C=O) groups is 1. The average Bonchev–Trinajstić information content (AvgIpc) is 2.60. The summed E-state index contributed by atoms with van der Waals surface area (Å²) in [6.07, 6.45) is 4.32. The van der Waals surface area contributed by atoms with Gasteiger partial charge in [0.15, 0.2) is 0 Å². The topological polar surface area (TPSA) is 48.0 Å². The van der Waals surface area contributed by atoms with Crippen molar-refractivity contribution < 1.29 is 19.0 Å². The van der Waals surface area contributed by atoms with Crippen molar-refractivity contribution in [2.75, 3.05) is 20.3 Å². The van der Waals surface area contributed by atoms with Gasteiger partial charge in [-0.15, -0.1) is 0 Å². The molecule has 0 aromatic heterocycles. The van der Waals surface area contributed by atoms with Gasteiger partial charge in [-0.3, -0.25) is 4.90 Å². The Morgan fingerprint density at radius 1 is 1.21 bits per heavy atom. The summed E-state index contributed by atoms with van der Waals surface area (Å²) >= 11 is 0. The summed E-state index contributed by atoms with van der Waals surface area (Å²) in [5.41, 5.74) is 1.21. The molecule has 2 unspecified atom stereocenters. The molecule has 29 heavy (non-hydrogen) atoms. The molecule has 0 saturated heterocycles. The second-order valence-corrected chi connectivity index (χ2v) is 8.85. The lowest BCUT2D eigenvalue weighted by molar-refractivity contribution is -0.0145. The largest absolute Gasteiger partial charge is 0.497 e. The molecule has 1 amide bonds. The summed E-state index contributed by atoms with van der Waals surface area (Å²) < 4.78 is 17.2. The van der Waals surface area contributed by atoms with Gasteiger partial charge in [0, 0.05) is 6.61 Å². The first-order chi connectivity index (χ1) is 13.4. The fraction of sp³-hybridized carbons (Fsp3) is 0.708. The Labute approximate surface area is 178 Å². The standard InChI is InChI=1S/C24H43NO4/c1-12-20(14-22(27-11)18(5)6)19(7)25(23(26)29-24(8,9)10)15-21(13-2)28-16-17(3)4/h12,14,17,19,21H,5,13,15-16H2,1-4,6-11H3. The smallest absolute Gasteiger partial charge is 0.410 e. The third kappa shape index (κ3) is 10.6. The molecule has 168 valence electrons. The molecular weight excluding hydrogens is 366 g/mol. The first kappa shape index (κ1) is 27.2. The minimum Gasteiger partial charge on any atom is -0.497 e. The molecule has 0 bridgehead atoms. The molecule has 0 aromatic carbocycles. The highest BCUT2D eigenvalue weighted by molar-refractivity contribution is 5.69. The normalized spacial score (nSPS) is 15.1. The minimum absolute atomic E-state index is 0.0579. The molecule has 0 aliphatic heterocycles. The highest BCUT2D eigenvalue weighted by Gasteiger charge is 2.29. The van der Waals surface area contributed by atoms with E-state index in [1.54, 1.807) is 12.0 Å². The van der Waals surface area contributed by atoms with E-state index >= 15 is 0 Å². The van der Waals surface area contributed by atoms with Crippen molar-refractivity contribution in [3.8, 4) is 0 Å². The van der Waals surface area contributed by atoms with Gasteiger partial charge < -0.3 is 14.2 Å². The van der Waals surface area contributed by atoms with Crippen LogP contribution in [0.2, 0.25) is 0 Å². The van der Waals surface area contributed by atoms with E-state index in [9.17, 15) is 4.79 Å². The highest BCUT2D eigenvalue weighted by Crippen LogP contribution is 2.21. The predicted octanol–water partition coefficient (Wildman–Crippen LogP) is 6.12. The van der Waals surface area contributed by atoms with Crippen LogP contribution in [0.3, 0.4) is 0 Å². The number of amides is 1. The van der Waals surface area contributed by atoms with Gasteiger partial charge in [0.2, 0.25) is 0 Å². The summed E-state index contributed by atoms with van der Waals surface area (Å²) in [5.74, 6) is 1.13. The molecule has 0 heterocycles. The second kappa shape index (κ2) is 12.7. The lowest BCUT2D eigenvalue weighted by atomic mass is 10.0. The number of nitrogens with zero attached hydrogens (tertiary/aromatic N) is 1. The maximum Gasteiger partial charge on any atom is 0.410 e. The highest BCUT2D eigenvalue weighted by atomic mass is 16.6. The number of hydrogen-bond donors (Lipinski definition) is 0. The van der Waals surface area contributed by atoms with Crippen molar-refractivity contribution in [3.63, 3.8) is 0 Å². The second-order valence-electron chi connectivity index (χ2n) is 8.85. The van der Waals surface area contributed by atoms with Crippen molar-refractivity contribution in [1.29, 1.82) is 0 Å². The Morgan fingerprint density at radius 3 is 2.17 bits per heavy atom. The first-order valence-electron chi connectivity index (χ1n) is 10.5. The van der Waals surface area contributed by atoms with Crippen LogP contribution in [-0.2, 0) is 14.2 Å². The zero-order valence-electron chi connectivity index (χ0n) is 20.3. The van der Waals surface area contributed by atoms with Crippen molar-refractivity contribution in [2.45, 2.75) is 86.5 Å². The van der Waals surface area contributed by atoms with Gasteiger partial charge in [0.05, 0.1) is 25.8 Å². The van der Waals surface area contributed by atoms with Crippen LogP contribution < -0.4 is 0 Å². The molecule has 0 N–H and O–H groups in total. The molecule has 0 aromatic rings. The van der Waals surface area contributed by atoms with E-state index in [1.807, 2.05) is 53.7 Å². The SMILES string of the molecule is C=C(C)C(=CC(=CC)C(C)N(CC(CC)OCC(C)C)C(=O)OC(C)(C)C)OC. The van der Waals surface area contributed by atoms with Gasteiger partial charge in [-0.25, -0.2) is 4.79 Å². The van der Waals surface area contributed by atoms with Gasteiger partial charge in [0.1, 0.15) is 11.4 Å². The van der Waals surface area contributed by atoms with E-state index in [0.717, 1.165) is 17.6 Å². The van der Waals surface area contributed by atoms with E-state index in [0.29, 0.717) is 24.8 Å². The van der Waals surface area contributed by atoms with Gasteiger partial charge in [-0.2, -0.15) is 0 Å². The molecule has 5 nitrogen and oxygen atoms in total. The van der Waals surface area contributed by atoms with Crippen LogP contribution >= 0.6 is 0 Å². The first-order valence-corrected chi connectivity index (χ1v) is 10.5. The number of ether oxygens (including phenoxy) is 3. The molecule has 0 radical (unpaired) electrons. The monoisotopic (exact) mass is 409 g/mol. The van der Waals surface area contributed by atoms with Crippen LogP contribution in [0.25, 0.3) is 0 Å². The van der Waals surface area contributed by atoms with E-state index < -0.39 is 5.60 Å². The van der Waals surface area contributed by atoms with Gasteiger partial charge in [-0.05, 0) is 71.1 Å². The van der Waals surface area contributed by atoms with E-state index in [4.69, 9.17) is 14.2 Å². The number of methoxy groups -OCH3 is 1. The molecule has 0 aliphatic rings. The molecule has 2 atom stereocenters. The Balaban J connectivity index is 5.81. The number of hydrogen-bond acceptors (Lipinski definition) is 4. The molecular formula is C24H43NO4. The Kier molecular flexibility index (Phi) is 12.0. The van der Waals surface area contributed by atoms with E-state index in [2.05, 4.69) is 27.4 Å². The van der Waals surface area contributed by atoms with Crippen LogP contribution in [0, 0.1) is 5.92 Å². The molecule has 0 saturated carbocycles. The molecule has 0 aliphatic carbocycles. The minimum atomic E-state index is -0.573. The maximum atomic E-state index is 13.1. The van der Waals surface area contributed by atoms with Gasteiger partial charge in [0.25, 0.3) is 0 Å². The van der Waals surface area contributed by atoms with Crippen LogP contribution in [0.1, 0.15) is 68.7 Å². The van der Waals surface area contributed by atoms with Crippen LogP contribution in [0.5, 0.6) is 0 Å². The van der Waals surface area contributed by atoms with Crippen molar-refractivity contribution in [1.82, 2.24) is 4.90 Å². The van der Waals surface area contributed by atoms with Crippen LogP contribution in [-0.4, -0.2) is 49.0 Å². The summed E-state index contributed by atoms with van der Waals surface area (Å²) in [6.45, 7) is 22.9. The Morgan fingerprint density at radius 2 is 1.79 bits per heavy atom.